The summed E-state index contributed by atoms with van der Waals surface area (Å²) in [5, 5.41) is 2.81. The normalized spacial score (nSPS) is 10.0. The lowest BCUT2D eigenvalue weighted by atomic mass is 10.1. The lowest BCUT2D eigenvalue weighted by Crippen LogP contribution is -2.13. The predicted molar refractivity (Wildman–Crippen MR) is 76.5 cm³/mol. The maximum atomic E-state index is 12.2. The molecule has 0 saturated heterocycles. The molecule has 0 radical (unpaired) electrons. The van der Waals surface area contributed by atoms with E-state index < -0.39 is 0 Å². The number of hydrogen-bond acceptors (Lipinski definition) is 3. The number of ether oxygens (including phenoxy) is 1. The molecule has 0 bridgehead atoms. The first-order valence-electron chi connectivity index (χ1n) is 5.91. The lowest BCUT2D eigenvalue weighted by Gasteiger charge is -2.10. The quantitative estimate of drug-likeness (QED) is 0.830. The van der Waals surface area contributed by atoms with E-state index >= 15 is 0 Å². The van der Waals surface area contributed by atoms with Gasteiger partial charge in [-0.2, -0.15) is 0 Å². The van der Waals surface area contributed by atoms with Crippen molar-refractivity contribution >= 4 is 17.3 Å². The summed E-state index contributed by atoms with van der Waals surface area (Å²) >= 11 is 0. The number of benzene rings is 2. The molecular weight excluding hydrogens is 240 g/mol. The summed E-state index contributed by atoms with van der Waals surface area (Å²) in [7, 11) is 1.52. The third kappa shape index (κ3) is 3.04. The third-order valence-corrected chi connectivity index (χ3v) is 2.78. The Morgan fingerprint density at radius 1 is 1.16 bits per heavy atom. The van der Waals surface area contributed by atoms with E-state index in [0.717, 1.165) is 11.3 Å². The number of nitrogen functional groups attached to an aromatic ring is 1. The molecule has 0 fully saturated rings. The van der Waals surface area contributed by atoms with Gasteiger partial charge in [-0.3, -0.25) is 4.79 Å². The Kier molecular flexibility index (Phi) is 3.71. The second-order valence-electron chi connectivity index (χ2n) is 4.28. The molecule has 0 aliphatic rings. The number of methoxy groups -OCH3 is 1. The van der Waals surface area contributed by atoms with Crippen LogP contribution in [0.5, 0.6) is 5.75 Å². The molecule has 4 nitrogen and oxygen atoms in total. The molecule has 0 saturated carbocycles. The maximum absolute atomic E-state index is 12.2. The van der Waals surface area contributed by atoms with E-state index in [1.807, 2.05) is 31.2 Å². The minimum Gasteiger partial charge on any atom is -0.496 e. The second kappa shape index (κ2) is 5.44. The van der Waals surface area contributed by atoms with Crippen LogP contribution in [-0.2, 0) is 0 Å². The third-order valence-electron chi connectivity index (χ3n) is 2.78. The number of anilines is 2. The molecule has 2 aromatic rings. The minimum absolute atomic E-state index is 0.243. The molecule has 0 aromatic heterocycles. The Labute approximate surface area is 112 Å². The zero-order chi connectivity index (χ0) is 13.8. The van der Waals surface area contributed by atoms with Gasteiger partial charge in [0.2, 0.25) is 0 Å². The van der Waals surface area contributed by atoms with Crippen molar-refractivity contribution in [1.82, 2.24) is 0 Å². The lowest BCUT2D eigenvalue weighted by molar-refractivity contribution is 0.102. The van der Waals surface area contributed by atoms with Crippen LogP contribution in [0, 0.1) is 6.92 Å². The Morgan fingerprint density at radius 2 is 1.84 bits per heavy atom. The molecule has 0 aliphatic carbocycles. The van der Waals surface area contributed by atoms with Gasteiger partial charge in [0.05, 0.1) is 12.7 Å². The van der Waals surface area contributed by atoms with Crippen molar-refractivity contribution < 1.29 is 9.53 Å². The molecule has 98 valence electrons. The van der Waals surface area contributed by atoms with Crippen LogP contribution in [0.25, 0.3) is 0 Å². The SMILES string of the molecule is COc1ccc(N)cc1C(=O)Nc1ccc(C)cc1. The summed E-state index contributed by atoms with van der Waals surface area (Å²) in [4.78, 5) is 12.2. The van der Waals surface area contributed by atoms with Crippen molar-refractivity contribution in [3.63, 3.8) is 0 Å². The summed E-state index contributed by atoms with van der Waals surface area (Å²) in [6, 6.07) is 12.6. The molecule has 19 heavy (non-hydrogen) atoms. The van der Waals surface area contributed by atoms with Gasteiger partial charge in [-0.1, -0.05) is 17.7 Å². The zero-order valence-electron chi connectivity index (χ0n) is 10.9. The summed E-state index contributed by atoms with van der Waals surface area (Å²) in [5.74, 6) is 0.256. The highest BCUT2D eigenvalue weighted by molar-refractivity contribution is 6.06. The number of carbonyl (C=O) groups excluding carboxylic acids is 1. The molecular formula is C15H16N2O2. The van der Waals surface area contributed by atoms with Crippen molar-refractivity contribution in [3.05, 3.63) is 53.6 Å². The maximum Gasteiger partial charge on any atom is 0.259 e. The summed E-state index contributed by atoms with van der Waals surface area (Å²) in [6.07, 6.45) is 0. The molecule has 0 aliphatic heterocycles. The Balaban J connectivity index is 2.24. The average Bonchev–Trinajstić information content (AvgIpc) is 2.41. The fraction of sp³-hybridized carbons (Fsp3) is 0.133. The average molecular weight is 256 g/mol. The fourth-order valence-corrected chi connectivity index (χ4v) is 1.74. The van der Waals surface area contributed by atoms with Gasteiger partial charge in [0, 0.05) is 11.4 Å². The topological polar surface area (TPSA) is 64.3 Å². The fourth-order valence-electron chi connectivity index (χ4n) is 1.74. The molecule has 4 heteroatoms. The van der Waals surface area contributed by atoms with Gasteiger partial charge in [-0.15, -0.1) is 0 Å². The number of nitrogens with one attached hydrogen (secondary N) is 1. The van der Waals surface area contributed by atoms with E-state index in [1.165, 1.54) is 7.11 Å². The molecule has 0 unspecified atom stereocenters. The van der Waals surface area contributed by atoms with Crippen LogP contribution in [-0.4, -0.2) is 13.0 Å². The first kappa shape index (κ1) is 13.0. The van der Waals surface area contributed by atoms with Gasteiger partial charge in [-0.05, 0) is 37.3 Å². The molecule has 0 atom stereocenters. The van der Waals surface area contributed by atoms with Crippen molar-refractivity contribution in [2.24, 2.45) is 0 Å². The van der Waals surface area contributed by atoms with Crippen LogP contribution in [0.15, 0.2) is 42.5 Å². The molecule has 2 aromatic carbocycles. The van der Waals surface area contributed by atoms with Crippen molar-refractivity contribution in [3.8, 4) is 5.75 Å². The van der Waals surface area contributed by atoms with Crippen LogP contribution in [0.3, 0.4) is 0 Å². The van der Waals surface area contributed by atoms with E-state index in [2.05, 4.69) is 5.32 Å². The van der Waals surface area contributed by atoms with Gasteiger partial charge >= 0.3 is 0 Å². The number of carbonyl (C=O) groups is 1. The van der Waals surface area contributed by atoms with Crippen molar-refractivity contribution in [1.29, 1.82) is 0 Å². The van der Waals surface area contributed by atoms with Gasteiger partial charge < -0.3 is 15.8 Å². The first-order chi connectivity index (χ1) is 9.10. The van der Waals surface area contributed by atoms with Crippen LogP contribution in [0.4, 0.5) is 11.4 Å². The minimum atomic E-state index is -0.243. The van der Waals surface area contributed by atoms with Gasteiger partial charge in [0.15, 0.2) is 0 Å². The van der Waals surface area contributed by atoms with Gasteiger partial charge in [-0.25, -0.2) is 0 Å². The molecule has 0 spiro atoms. The Morgan fingerprint density at radius 3 is 2.47 bits per heavy atom. The summed E-state index contributed by atoms with van der Waals surface area (Å²) in [5.41, 5.74) is 8.51. The number of nitrogens with two attached hydrogens (primary N) is 1. The predicted octanol–water partition coefficient (Wildman–Crippen LogP) is 2.84. The number of amides is 1. The molecule has 0 heterocycles. The van der Waals surface area contributed by atoms with E-state index in [9.17, 15) is 4.79 Å². The van der Waals surface area contributed by atoms with Crippen LogP contribution < -0.4 is 15.8 Å². The number of rotatable bonds is 3. The van der Waals surface area contributed by atoms with Crippen molar-refractivity contribution in [2.75, 3.05) is 18.2 Å². The standard InChI is InChI=1S/C15H16N2O2/c1-10-3-6-12(7-4-10)17-15(18)13-9-11(16)5-8-14(13)19-2/h3-9H,16H2,1-2H3,(H,17,18). The highest BCUT2D eigenvalue weighted by atomic mass is 16.5. The number of hydrogen-bond donors (Lipinski definition) is 2. The summed E-state index contributed by atoms with van der Waals surface area (Å²) < 4.78 is 5.16. The highest BCUT2D eigenvalue weighted by Crippen LogP contribution is 2.22. The van der Waals surface area contributed by atoms with E-state index in [0.29, 0.717) is 17.0 Å². The molecule has 1 amide bonds. The van der Waals surface area contributed by atoms with E-state index in [4.69, 9.17) is 10.5 Å². The van der Waals surface area contributed by atoms with Crippen LogP contribution >= 0.6 is 0 Å². The zero-order valence-corrected chi connectivity index (χ0v) is 10.9. The van der Waals surface area contributed by atoms with Crippen LogP contribution in [0.1, 0.15) is 15.9 Å². The Hall–Kier alpha value is -2.49. The van der Waals surface area contributed by atoms with Crippen LogP contribution in [0.2, 0.25) is 0 Å². The smallest absolute Gasteiger partial charge is 0.259 e. The van der Waals surface area contributed by atoms with Crippen molar-refractivity contribution in [2.45, 2.75) is 6.92 Å². The number of aryl methyl sites for hydroxylation is 1. The Bertz CT molecular complexity index is 592. The van der Waals surface area contributed by atoms with Gasteiger partial charge in [0.25, 0.3) is 5.91 Å². The molecule has 3 N–H and O–H groups in total. The highest BCUT2D eigenvalue weighted by Gasteiger charge is 2.12. The largest absolute Gasteiger partial charge is 0.496 e. The first-order valence-corrected chi connectivity index (χ1v) is 5.91. The summed E-state index contributed by atoms with van der Waals surface area (Å²) in [6.45, 7) is 1.99. The second-order valence-corrected chi connectivity index (χ2v) is 4.28. The monoisotopic (exact) mass is 256 g/mol. The van der Waals surface area contributed by atoms with E-state index in [-0.39, 0.29) is 5.91 Å². The van der Waals surface area contributed by atoms with Gasteiger partial charge in [0.1, 0.15) is 5.75 Å². The molecule has 2 rings (SSSR count). The van der Waals surface area contributed by atoms with E-state index in [1.54, 1.807) is 18.2 Å².